The van der Waals surface area contributed by atoms with Crippen molar-refractivity contribution in [2.75, 3.05) is 20.3 Å². The molecule has 0 spiro atoms. The van der Waals surface area contributed by atoms with E-state index in [1.54, 1.807) is 25.4 Å². The van der Waals surface area contributed by atoms with Crippen molar-refractivity contribution in [1.82, 2.24) is 15.2 Å². The van der Waals surface area contributed by atoms with Crippen LogP contribution in [0.15, 0.2) is 59.1 Å². The molecule has 1 N–H and O–H groups in total. The average Bonchev–Trinajstić information content (AvgIpc) is 3.31. The largest absolute Gasteiger partial charge is 0.459 e. The summed E-state index contributed by atoms with van der Waals surface area (Å²) in [7, 11) is 1.67. The summed E-state index contributed by atoms with van der Waals surface area (Å²) in [6.07, 6.45) is 1.77. The Morgan fingerprint density at radius 1 is 1.21 bits per heavy atom. The molecule has 1 saturated heterocycles. The molecule has 1 aromatic carbocycles. The van der Waals surface area contributed by atoms with Crippen molar-refractivity contribution in [3.8, 4) is 11.3 Å². The summed E-state index contributed by atoms with van der Waals surface area (Å²) in [5.41, 5.74) is 1.68. The first-order chi connectivity index (χ1) is 14.1. The highest BCUT2D eigenvalue weighted by Gasteiger charge is 2.41. The SMILES string of the molecule is COCCN1C(=S)N[C@@H](c2ccccn2)[C@@H]1c1ccc(-c2ccc(Cl)cc2Cl)o1. The van der Waals surface area contributed by atoms with E-state index in [9.17, 15) is 0 Å². The predicted molar refractivity (Wildman–Crippen MR) is 118 cm³/mol. The fraction of sp³-hybridized carbons (Fsp3) is 0.238. The highest BCUT2D eigenvalue weighted by atomic mass is 35.5. The third kappa shape index (κ3) is 4.12. The molecule has 1 fully saturated rings. The smallest absolute Gasteiger partial charge is 0.170 e. The van der Waals surface area contributed by atoms with Crippen LogP contribution in [0.4, 0.5) is 0 Å². The number of halogens is 2. The van der Waals surface area contributed by atoms with Crippen LogP contribution < -0.4 is 5.32 Å². The van der Waals surface area contributed by atoms with Crippen molar-refractivity contribution in [2.24, 2.45) is 0 Å². The molecule has 2 aromatic heterocycles. The van der Waals surface area contributed by atoms with Crippen molar-refractivity contribution in [3.63, 3.8) is 0 Å². The number of aromatic nitrogens is 1. The molecule has 4 rings (SSSR count). The van der Waals surface area contributed by atoms with Crippen molar-refractivity contribution < 1.29 is 9.15 Å². The highest BCUT2D eigenvalue weighted by molar-refractivity contribution is 7.80. The first kappa shape index (κ1) is 20.2. The first-order valence-corrected chi connectivity index (χ1v) is 10.3. The first-order valence-electron chi connectivity index (χ1n) is 9.10. The predicted octanol–water partition coefficient (Wildman–Crippen LogP) is 5.27. The van der Waals surface area contributed by atoms with Crippen LogP contribution in [-0.4, -0.2) is 35.3 Å². The fourth-order valence-corrected chi connectivity index (χ4v) is 4.32. The molecule has 8 heteroatoms. The number of thiocarbonyl (C=S) groups is 1. The number of methoxy groups -OCH3 is 1. The number of furan rings is 1. The number of benzene rings is 1. The minimum Gasteiger partial charge on any atom is -0.459 e. The number of hydrogen-bond acceptors (Lipinski definition) is 4. The second-order valence-corrected chi connectivity index (χ2v) is 7.87. The lowest BCUT2D eigenvalue weighted by Crippen LogP contribution is -2.32. The van der Waals surface area contributed by atoms with Gasteiger partial charge in [0, 0.05) is 30.4 Å². The van der Waals surface area contributed by atoms with E-state index in [0.29, 0.717) is 34.1 Å². The van der Waals surface area contributed by atoms with Gasteiger partial charge in [0.05, 0.1) is 23.4 Å². The molecular formula is C21H19Cl2N3O2S. The van der Waals surface area contributed by atoms with Crippen LogP contribution in [-0.2, 0) is 4.74 Å². The molecule has 0 bridgehead atoms. The number of pyridine rings is 1. The van der Waals surface area contributed by atoms with Crippen molar-refractivity contribution in [3.05, 3.63) is 76.2 Å². The van der Waals surface area contributed by atoms with E-state index in [1.165, 1.54) is 0 Å². The van der Waals surface area contributed by atoms with Crippen molar-refractivity contribution in [2.45, 2.75) is 12.1 Å². The van der Waals surface area contributed by atoms with Crippen LogP contribution in [0.2, 0.25) is 10.0 Å². The molecule has 29 heavy (non-hydrogen) atoms. The minimum absolute atomic E-state index is 0.139. The lowest BCUT2D eigenvalue weighted by Gasteiger charge is -2.25. The molecule has 2 atom stereocenters. The Hall–Kier alpha value is -2.12. The van der Waals surface area contributed by atoms with Gasteiger partial charge in [-0.15, -0.1) is 0 Å². The fourth-order valence-electron chi connectivity index (χ4n) is 3.49. The van der Waals surface area contributed by atoms with Crippen molar-refractivity contribution in [1.29, 1.82) is 0 Å². The lowest BCUT2D eigenvalue weighted by molar-refractivity contribution is 0.158. The van der Waals surface area contributed by atoms with Gasteiger partial charge < -0.3 is 19.4 Å². The van der Waals surface area contributed by atoms with E-state index >= 15 is 0 Å². The molecule has 3 aromatic rings. The molecule has 0 unspecified atom stereocenters. The van der Waals surface area contributed by atoms with Gasteiger partial charge in [0.2, 0.25) is 0 Å². The van der Waals surface area contributed by atoms with Gasteiger partial charge in [0.1, 0.15) is 17.6 Å². The van der Waals surface area contributed by atoms with Crippen molar-refractivity contribution >= 4 is 40.5 Å². The van der Waals surface area contributed by atoms with Gasteiger partial charge in [-0.1, -0.05) is 29.3 Å². The van der Waals surface area contributed by atoms with E-state index in [-0.39, 0.29) is 12.1 Å². The Kier molecular flexibility index (Phi) is 6.06. The van der Waals surface area contributed by atoms with Crippen LogP contribution in [0, 0.1) is 0 Å². The zero-order valence-electron chi connectivity index (χ0n) is 15.6. The lowest BCUT2D eigenvalue weighted by atomic mass is 10.0. The summed E-state index contributed by atoms with van der Waals surface area (Å²) < 4.78 is 11.5. The summed E-state index contributed by atoms with van der Waals surface area (Å²) in [5.74, 6) is 1.44. The Labute approximate surface area is 184 Å². The van der Waals surface area contributed by atoms with Crippen LogP contribution in [0.5, 0.6) is 0 Å². The molecule has 150 valence electrons. The third-order valence-electron chi connectivity index (χ3n) is 4.85. The highest BCUT2D eigenvalue weighted by Crippen LogP contribution is 2.41. The molecule has 3 heterocycles. The average molecular weight is 448 g/mol. The van der Waals surface area contributed by atoms with E-state index in [4.69, 9.17) is 44.6 Å². The van der Waals surface area contributed by atoms with Gasteiger partial charge in [-0.05, 0) is 54.7 Å². The summed E-state index contributed by atoms with van der Waals surface area (Å²) >= 11 is 18.0. The van der Waals surface area contributed by atoms with Gasteiger partial charge in [-0.3, -0.25) is 4.98 Å². The molecule has 5 nitrogen and oxygen atoms in total. The van der Waals surface area contributed by atoms with E-state index in [0.717, 1.165) is 17.0 Å². The van der Waals surface area contributed by atoms with Crippen LogP contribution in [0.3, 0.4) is 0 Å². The van der Waals surface area contributed by atoms with E-state index < -0.39 is 0 Å². The summed E-state index contributed by atoms with van der Waals surface area (Å²) in [5, 5.41) is 5.14. The molecule has 0 radical (unpaired) electrons. The van der Waals surface area contributed by atoms with Crippen LogP contribution in [0.25, 0.3) is 11.3 Å². The number of hydrogen-bond donors (Lipinski definition) is 1. The number of nitrogens with one attached hydrogen (secondary N) is 1. The van der Waals surface area contributed by atoms with Gasteiger partial charge in [0.25, 0.3) is 0 Å². The molecule has 1 aliphatic heterocycles. The van der Waals surface area contributed by atoms with Gasteiger partial charge in [-0.25, -0.2) is 0 Å². The van der Waals surface area contributed by atoms with E-state index in [2.05, 4.69) is 15.2 Å². The summed E-state index contributed by atoms with van der Waals surface area (Å²) in [6.45, 7) is 1.18. The monoisotopic (exact) mass is 447 g/mol. The van der Waals surface area contributed by atoms with Gasteiger partial charge >= 0.3 is 0 Å². The third-order valence-corrected chi connectivity index (χ3v) is 5.75. The van der Waals surface area contributed by atoms with Gasteiger partial charge in [0.15, 0.2) is 5.11 Å². The summed E-state index contributed by atoms with van der Waals surface area (Å²) in [6, 6.07) is 14.7. The second kappa shape index (κ2) is 8.71. The minimum atomic E-state index is -0.160. The van der Waals surface area contributed by atoms with Crippen LogP contribution >= 0.6 is 35.4 Å². The Morgan fingerprint density at radius 3 is 2.79 bits per heavy atom. The maximum atomic E-state index is 6.36. The molecule has 1 aliphatic rings. The number of ether oxygens (including phenoxy) is 1. The van der Waals surface area contributed by atoms with Gasteiger partial charge in [-0.2, -0.15) is 0 Å². The zero-order valence-corrected chi connectivity index (χ0v) is 18.0. The Bertz CT molecular complexity index is 1010. The second-order valence-electron chi connectivity index (χ2n) is 6.64. The maximum absolute atomic E-state index is 6.36. The normalized spacial score (nSPS) is 18.9. The topological polar surface area (TPSA) is 50.5 Å². The van der Waals surface area contributed by atoms with Crippen LogP contribution in [0.1, 0.15) is 23.5 Å². The number of nitrogens with zero attached hydrogens (tertiary/aromatic N) is 2. The molecule has 0 aliphatic carbocycles. The number of rotatable bonds is 6. The maximum Gasteiger partial charge on any atom is 0.170 e. The quantitative estimate of drug-likeness (QED) is 0.519. The Balaban J connectivity index is 1.72. The Morgan fingerprint density at radius 2 is 2.07 bits per heavy atom. The molecule has 0 amide bonds. The van der Waals surface area contributed by atoms with E-state index in [1.807, 2.05) is 36.4 Å². The molecule has 0 saturated carbocycles. The molecular weight excluding hydrogens is 429 g/mol. The zero-order chi connectivity index (χ0) is 20.4. The standard InChI is InChI=1S/C21H19Cl2N3O2S/c1-27-11-10-26-20(19(25-21(26)29)16-4-2-3-9-24-16)18-8-7-17(28-18)14-6-5-13(22)12-15(14)23/h2-9,12,19-20H,10-11H2,1H3,(H,25,29)/t19-,20-/m0/s1. The summed E-state index contributed by atoms with van der Waals surface area (Å²) in [4.78, 5) is 6.59.